The Kier molecular flexibility index (Phi) is 4.12. The van der Waals surface area contributed by atoms with Gasteiger partial charge in [-0.05, 0) is 12.1 Å². The number of rotatable bonds is 6. The van der Waals surface area contributed by atoms with Crippen LogP contribution in [0.3, 0.4) is 0 Å². The van der Waals surface area contributed by atoms with Crippen molar-refractivity contribution in [2.75, 3.05) is 14.2 Å². The van der Waals surface area contributed by atoms with E-state index in [0.717, 1.165) is 5.76 Å². The average molecular weight is 262 g/mol. The summed E-state index contributed by atoms with van der Waals surface area (Å²) >= 11 is 0. The molecule has 0 aliphatic carbocycles. The van der Waals surface area contributed by atoms with Crippen molar-refractivity contribution in [2.45, 2.75) is 12.8 Å². The molecule has 0 saturated carbocycles. The number of hydrogen-bond donors (Lipinski definition) is 0. The molecular formula is C13H14N2O4. The topological polar surface area (TPSA) is 74.5 Å². The molecule has 2 aromatic heterocycles. The Morgan fingerprint density at radius 3 is 2.84 bits per heavy atom. The summed E-state index contributed by atoms with van der Waals surface area (Å²) in [6.07, 6.45) is 3.77. The fourth-order valence-corrected chi connectivity index (χ4v) is 1.60. The molecule has 0 aliphatic rings. The fraction of sp³-hybridized carbons (Fsp3) is 0.308. The molecule has 2 heterocycles. The molecular weight excluding hydrogens is 248 g/mol. The third kappa shape index (κ3) is 3.09. The molecule has 2 rings (SSSR count). The minimum atomic E-state index is -0.150. The van der Waals surface area contributed by atoms with Crippen molar-refractivity contribution < 1.29 is 18.7 Å². The van der Waals surface area contributed by atoms with Gasteiger partial charge in [0.15, 0.2) is 11.5 Å². The van der Waals surface area contributed by atoms with Gasteiger partial charge in [0.25, 0.3) is 0 Å². The van der Waals surface area contributed by atoms with Crippen LogP contribution in [-0.2, 0) is 6.42 Å². The number of nitrogens with zero attached hydrogens (tertiary/aromatic N) is 2. The van der Waals surface area contributed by atoms with Crippen molar-refractivity contribution in [1.29, 1.82) is 0 Å². The zero-order chi connectivity index (χ0) is 13.7. The predicted molar refractivity (Wildman–Crippen MR) is 66.5 cm³/mol. The Morgan fingerprint density at radius 2 is 2.21 bits per heavy atom. The Morgan fingerprint density at radius 1 is 1.37 bits per heavy atom. The lowest BCUT2D eigenvalue weighted by molar-refractivity contribution is 0.0971. The molecule has 0 saturated heterocycles. The van der Waals surface area contributed by atoms with Crippen molar-refractivity contribution >= 4 is 5.78 Å². The number of carbonyl (C=O) groups is 1. The normalized spacial score (nSPS) is 10.2. The van der Waals surface area contributed by atoms with Crippen molar-refractivity contribution in [3.05, 3.63) is 36.0 Å². The number of ether oxygens (including phenoxy) is 2. The molecule has 0 bridgehead atoms. The lowest BCUT2D eigenvalue weighted by atomic mass is 10.1. The van der Waals surface area contributed by atoms with Crippen LogP contribution < -0.4 is 9.47 Å². The van der Waals surface area contributed by atoms with Gasteiger partial charge in [-0.1, -0.05) is 0 Å². The van der Waals surface area contributed by atoms with Crippen LogP contribution in [0.1, 0.15) is 22.7 Å². The van der Waals surface area contributed by atoms with Crippen molar-refractivity contribution in [3.8, 4) is 11.8 Å². The van der Waals surface area contributed by atoms with Gasteiger partial charge in [0, 0.05) is 12.8 Å². The van der Waals surface area contributed by atoms with E-state index in [1.807, 2.05) is 6.07 Å². The molecule has 0 unspecified atom stereocenters. The van der Waals surface area contributed by atoms with Gasteiger partial charge in [0.05, 0.1) is 26.7 Å². The Balaban J connectivity index is 2.09. The van der Waals surface area contributed by atoms with Gasteiger partial charge in [-0.25, -0.2) is 4.98 Å². The number of hydrogen-bond acceptors (Lipinski definition) is 6. The molecule has 6 nitrogen and oxygen atoms in total. The smallest absolute Gasteiger partial charge is 0.246 e. The molecule has 100 valence electrons. The first-order chi connectivity index (χ1) is 9.24. The van der Waals surface area contributed by atoms with Gasteiger partial charge < -0.3 is 13.9 Å². The summed E-state index contributed by atoms with van der Waals surface area (Å²) in [7, 11) is 2.91. The lowest BCUT2D eigenvalue weighted by Gasteiger charge is -2.06. The van der Waals surface area contributed by atoms with Gasteiger partial charge in [0.1, 0.15) is 5.76 Å². The van der Waals surface area contributed by atoms with E-state index in [4.69, 9.17) is 13.9 Å². The van der Waals surface area contributed by atoms with Crippen molar-refractivity contribution in [1.82, 2.24) is 9.97 Å². The van der Waals surface area contributed by atoms with E-state index in [1.54, 1.807) is 12.3 Å². The van der Waals surface area contributed by atoms with E-state index >= 15 is 0 Å². The third-order valence-corrected chi connectivity index (χ3v) is 2.56. The molecule has 0 aromatic carbocycles. The third-order valence-electron chi connectivity index (χ3n) is 2.56. The van der Waals surface area contributed by atoms with Gasteiger partial charge in [0.2, 0.25) is 11.8 Å². The van der Waals surface area contributed by atoms with Gasteiger partial charge >= 0.3 is 0 Å². The molecule has 0 fully saturated rings. The van der Waals surface area contributed by atoms with Crippen LogP contribution in [0.4, 0.5) is 0 Å². The summed E-state index contributed by atoms with van der Waals surface area (Å²) < 4.78 is 15.2. The highest BCUT2D eigenvalue weighted by Gasteiger charge is 2.17. The number of methoxy groups -OCH3 is 2. The zero-order valence-corrected chi connectivity index (χ0v) is 10.8. The maximum absolute atomic E-state index is 12.1. The second kappa shape index (κ2) is 5.99. The van der Waals surface area contributed by atoms with Crippen molar-refractivity contribution in [2.24, 2.45) is 0 Å². The highest BCUT2D eigenvalue weighted by molar-refractivity contribution is 5.96. The van der Waals surface area contributed by atoms with E-state index in [0.29, 0.717) is 12.3 Å². The average Bonchev–Trinajstić information content (AvgIpc) is 2.97. The van der Waals surface area contributed by atoms with E-state index in [-0.39, 0.29) is 23.8 Å². The summed E-state index contributed by atoms with van der Waals surface area (Å²) in [4.78, 5) is 20.1. The molecule has 0 amide bonds. The molecule has 0 spiro atoms. The van der Waals surface area contributed by atoms with Gasteiger partial charge in [-0.2, -0.15) is 4.98 Å². The molecule has 0 aliphatic heterocycles. The molecule has 0 atom stereocenters. The minimum absolute atomic E-state index is 0.150. The van der Waals surface area contributed by atoms with Gasteiger partial charge in [-0.3, -0.25) is 4.79 Å². The molecule has 0 radical (unpaired) electrons. The number of aryl methyl sites for hydroxylation is 1. The number of furan rings is 1. The van der Waals surface area contributed by atoms with Crippen molar-refractivity contribution in [3.63, 3.8) is 0 Å². The Labute approximate surface area is 110 Å². The van der Waals surface area contributed by atoms with Crippen LogP contribution in [0, 0.1) is 0 Å². The van der Waals surface area contributed by atoms with Crippen LogP contribution in [0.5, 0.6) is 11.8 Å². The van der Waals surface area contributed by atoms with E-state index in [2.05, 4.69) is 9.97 Å². The molecule has 0 N–H and O–H groups in total. The lowest BCUT2D eigenvalue weighted by Crippen LogP contribution is -2.08. The number of carbonyl (C=O) groups excluding carboxylic acids is 1. The summed E-state index contributed by atoms with van der Waals surface area (Å²) in [5.74, 6) is 1.08. The first-order valence-corrected chi connectivity index (χ1v) is 5.75. The summed E-state index contributed by atoms with van der Waals surface area (Å²) in [6, 6.07) is 3.61. The predicted octanol–water partition coefficient (Wildman–Crippen LogP) is 1.90. The maximum Gasteiger partial charge on any atom is 0.246 e. The number of ketones is 1. The fourth-order valence-electron chi connectivity index (χ4n) is 1.60. The second-order valence-corrected chi connectivity index (χ2v) is 3.77. The highest BCUT2D eigenvalue weighted by Crippen LogP contribution is 2.19. The maximum atomic E-state index is 12.1. The number of aromatic nitrogens is 2. The van der Waals surface area contributed by atoms with E-state index < -0.39 is 0 Å². The first kappa shape index (κ1) is 13.1. The Bertz CT molecular complexity index is 552. The van der Waals surface area contributed by atoms with Crippen LogP contribution in [0.25, 0.3) is 0 Å². The molecule has 19 heavy (non-hydrogen) atoms. The SMILES string of the molecule is COc1cnc(C(=O)CCc2ccco2)c(OC)n1. The minimum Gasteiger partial charge on any atom is -0.480 e. The molecule has 2 aromatic rings. The largest absolute Gasteiger partial charge is 0.480 e. The zero-order valence-electron chi connectivity index (χ0n) is 10.8. The van der Waals surface area contributed by atoms with Crippen LogP contribution >= 0.6 is 0 Å². The Hall–Kier alpha value is -2.37. The van der Waals surface area contributed by atoms with E-state index in [9.17, 15) is 4.79 Å². The molecule has 6 heteroatoms. The summed E-state index contributed by atoms with van der Waals surface area (Å²) in [6.45, 7) is 0. The van der Waals surface area contributed by atoms with Crippen LogP contribution in [-0.4, -0.2) is 30.0 Å². The summed E-state index contributed by atoms with van der Waals surface area (Å²) in [5, 5.41) is 0. The standard InChI is InChI=1S/C13H14N2O4/c1-17-11-8-14-12(13(15-11)18-2)10(16)6-5-9-4-3-7-19-9/h3-4,7-8H,5-6H2,1-2H3. The quantitative estimate of drug-likeness (QED) is 0.740. The highest BCUT2D eigenvalue weighted by atomic mass is 16.5. The van der Waals surface area contributed by atoms with Gasteiger partial charge in [-0.15, -0.1) is 0 Å². The summed E-state index contributed by atoms with van der Waals surface area (Å²) in [5.41, 5.74) is 0.204. The van der Waals surface area contributed by atoms with Crippen LogP contribution in [0.15, 0.2) is 29.0 Å². The second-order valence-electron chi connectivity index (χ2n) is 3.77. The first-order valence-electron chi connectivity index (χ1n) is 5.75. The monoisotopic (exact) mass is 262 g/mol. The number of Topliss-reactive ketones (excluding diaryl/α,β-unsaturated/α-hetero) is 1. The van der Waals surface area contributed by atoms with E-state index in [1.165, 1.54) is 20.4 Å². The van der Waals surface area contributed by atoms with Crippen LogP contribution in [0.2, 0.25) is 0 Å².